The van der Waals surface area contributed by atoms with Gasteiger partial charge in [0.1, 0.15) is 5.84 Å². The number of aliphatic imine (C=N–C) groups is 1. The van der Waals surface area contributed by atoms with Gasteiger partial charge in [0, 0.05) is 13.1 Å². The van der Waals surface area contributed by atoms with Crippen LogP contribution in [-0.4, -0.2) is 34.7 Å². The summed E-state index contributed by atoms with van der Waals surface area (Å²) in [5.41, 5.74) is 0. The topological polar surface area (TPSA) is 39.5 Å². The number of hydrogen-bond donors (Lipinski definition) is 1. The predicted octanol–water partition coefficient (Wildman–Crippen LogP) is 1.16. The lowest BCUT2D eigenvalue weighted by Crippen LogP contribution is -2.23. The Kier molecular flexibility index (Phi) is 1.85. The molecule has 0 unspecified atom stereocenters. The summed E-state index contributed by atoms with van der Waals surface area (Å²) in [4.78, 5) is 6.44. The fraction of sp³-hybridized carbons (Fsp3) is 0.714. The Bertz CT molecular complexity index is 206. The number of nitrogens with one attached hydrogen (secondary N) is 1. The molecule has 4 heteroatoms. The Labute approximate surface area is 70.4 Å². The van der Waals surface area contributed by atoms with Crippen molar-refractivity contribution in [2.75, 3.05) is 18.8 Å². The van der Waals surface area contributed by atoms with Gasteiger partial charge in [-0.1, -0.05) is 11.8 Å². The first-order valence-electron chi connectivity index (χ1n) is 3.90. The van der Waals surface area contributed by atoms with Gasteiger partial charge in [-0.2, -0.15) is 0 Å². The highest BCUT2D eigenvalue weighted by Crippen LogP contribution is 2.20. The van der Waals surface area contributed by atoms with Gasteiger partial charge in [-0.05, 0) is 12.8 Å². The molecule has 1 saturated heterocycles. The monoisotopic (exact) mass is 169 g/mol. The van der Waals surface area contributed by atoms with Crippen molar-refractivity contribution in [1.82, 2.24) is 4.90 Å². The summed E-state index contributed by atoms with van der Waals surface area (Å²) in [6, 6.07) is 0. The van der Waals surface area contributed by atoms with Crippen molar-refractivity contribution in [3.63, 3.8) is 0 Å². The maximum atomic E-state index is 7.31. The first-order valence-corrected chi connectivity index (χ1v) is 4.89. The molecule has 11 heavy (non-hydrogen) atoms. The van der Waals surface area contributed by atoms with Crippen LogP contribution in [0.25, 0.3) is 0 Å². The molecule has 3 nitrogen and oxygen atoms in total. The third-order valence-electron chi connectivity index (χ3n) is 1.95. The quantitative estimate of drug-likeness (QED) is 0.591. The zero-order chi connectivity index (χ0) is 7.68. The Hall–Kier alpha value is -0.510. The Morgan fingerprint density at radius 3 is 2.64 bits per heavy atom. The van der Waals surface area contributed by atoms with Crippen LogP contribution in [0.1, 0.15) is 12.8 Å². The summed E-state index contributed by atoms with van der Waals surface area (Å²) >= 11 is 1.70. The summed E-state index contributed by atoms with van der Waals surface area (Å²) in [5.74, 6) is 1.29. The van der Waals surface area contributed by atoms with E-state index >= 15 is 0 Å². The van der Waals surface area contributed by atoms with Crippen molar-refractivity contribution in [2.45, 2.75) is 12.8 Å². The lowest BCUT2D eigenvalue weighted by atomic mass is 10.4. The lowest BCUT2D eigenvalue weighted by Gasteiger charge is -2.14. The molecule has 0 aromatic carbocycles. The van der Waals surface area contributed by atoms with Crippen LogP contribution >= 0.6 is 11.8 Å². The SMILES string of the molecule is N=C1CSC(N2CCCC2)=N1. The van der Waals surface area contributed by atoms with E-state index in [9.17, 15) is 0 Å². The fourth-order valence-electron chi connectivity index (χ4n) is 1.38. The predicted molar refractivity (Wildman–Crippen MR) is 48.4 cm³/mol. The van der Waals surface area contributed by atoms with Gasteiger partial charge in [0.15, 0.2) is 5.17 Å². The number of likely N-dealkylation sites (tertiary alicyclic amines) is 1. The van der Waals surface area contributed by atoms with Gasteiger partial charge in [0.05, 0.1) is 5.75 Å². The summed E-state index contributed by atoms with van der Waals surface area (Å²) in [6.45, 7) is 2.28. The van der Waals surface area contributed by atoms with E-state index < -0.39 is 0 Å². The number of nitrogens with zero attached hydrogens (tertiary/aromatic N) is 2. The molecule has 1 fully saturated rings. The van der Waals surface area contributed by atoms with Gasteiger partial charge in [0.2, 0.25) is 0 Å². The van der Waals surface area contributed by atoms with Crippen LogP contribution in [0.4, 0.5) is 0 Å². The van der Waals surface area contributed by atoms with Crippen molar-refractivity contribution in [3.8, 4) is 0 Å². The molecule has 0 atom stereocenters. The highest BCUT2D eigenvalue weighted by Gasteiger charge is 2.21. The van der Waals surface area contributed by atoms with Crippen molar-refractivity contribution >= 4 is 22.8 Å². The number of thioether (sulfide) groups is 1. The average molecular weight is 169 g/mol. The van der Waals surface area contributed by atoms with Crippen molar-refractivity contribution in [2.24, 2.45) is 4.99 Å². The van der Waals surface area contributed by atoms with E-state index in [0.717, 1.165) is 24.0 Å². The third kappa shape index (κ3) is 1.40. The largest absolute Gasteiger partial charge is 0.351 e. The van der Waals surface area contributed by atoms with E-state index in [1.54, 1.807) is 11.8 Å². The Morgan fingerprint density at radius 2 is 2.09 bits per heavy atom. The van der Waals surface area contributed by atoms with Gasteiger partial charge >= 0.3 is 0 Å². The molecule has 2 aliphatic rings. The molecular formula is C7H11N3S. The van der Waals surface area contributed by atoms with Gasteiger partial charge in [0.25, 0.3) is 0 Å². The fourth-order valence-corrected chi connectivity index (χ4v) is 2.25. The smallest absolute Gasteiger partial charge is 0.166 e. The van der Waals surface area contributed by atoms with Crippen molar-refractivity contribution in [3.05, 3.63) is 0 Å². The first kappa shape index (κ1) is 7.16. The minimum Gasteiger partial charge on any atom is -0.351 e. The normalized spacial score (nSPS) is 24.5. The van der Waals surface area contributed by atoms with Crippen LogP contribution in [0.3, 0.4) is 0 Å². The van der Waals surface area contributed by atoms with Crippen LogP contribution in [-0.2, 0) is 0 Å². The molecule has 2 rings (SSSR count). The molecule has 0 aliphatic carbocycles. The minimum atomic E-state index is 0.525. The van der Waals surface area contributed by atoms with E-state index in [4.69, 9.17) is 5.41 Å². The molecular weight excluding hydrogens is 158 g/mol. The van der Waals surface area contributed by atoms with Crippen LogP contribution < -0.4 is 0 Å². The molecule has 0 amide bonds. The highest BCUT2D eigenvalue weighted by atomic mass is 32.2. The second-order valence-electron chi connectivity index (χ2n) is 2.82. The Morgan fingerprint density at radius 1 is 1.36 bits per heavy atom. The number of rotatable bonds is 0. The molecule has 0 radical (unpaired) electrons. The molecule has 0 aromatic rings. The molecule has 1 N–H and O–H groups in total. The second-order valence-corrected chi connectivity index (χ2v) is 3.77. The second kappa shape index (κ2) is 2.85. The van der Waals surface area contributed by atoms with Gasteiger partial charge < -0.3 is 4.90 Å². The summed E-state index contributed by atoms with van der Waals surface area (Å²) in [7, 11) is 0. The van der Waals surface area contributed by atoms with Gasteiger partial charge in [-0.25, -0.2) is 4.99 Å². The van der Waals surface area contributed by atoms with Crippen molar-refractivity contribution in [1.29, 1.82) is 5.41 Å². The van der Waals surface area contributed by atoms with Crippen LogP contribution in [0.15, 0.2) is 4.99 Å². The summed E-state index contributed by atoms with van der Waals surface area (Å²) in [6.07, 6.45) is 2.57. The lowest BCUT2D eigenvalue weighted by molar-refractivity contribution is 0.531. The molecule has 0 bridgehead atoms. The van der Waals surface area contributed by atoms with E-state index in [2.05, 4.69) is 9.89 Å². The summed E-state index contributed by atoms with van der Waals surface area (Å²) in [5, 5.41) is 8.38. The standard InChI is InChI=1S/C7H11N3S/c8-6-5-11-7(9-6)10-3-1-2-4-10/h8H,1-5H2. The van der Waals surface area contributed by atoms with Crippen LogP contribution in [0.2, 0.25) is 0 Å². The van der Waals surface area contributed by atoms with Crippen LogP contribution in [0.5, 0.6) is 0 Å². The van der Waals surface area contributed by atoms with Gasteiger partial charge in [-0.15, -0.1) is 0 Å². The number of hydrogen-bond acceptors (Lipinski definition) is 3. The van der Waals surface area contributed by atoms with E-state index in [1.807, 2.05) is 0 Å². The summed E-state index contributed by atoms with van der Waals surface area (Å²) < 4.78 is 0. The zero-order valence-electron chi connectivity index (χ0n) is 6.34. The van der Waals surface area contributed by atoms with E-state index in [1.165, 1.54) is 12.8 Å². The first-order chi connectivity index (χ1) is 5.36. The zero-order valence-corrected chi connectivity index (χ0v) is 7.15. The maximum absolute atomic E-state index is 7.31. The van der Waals surface area contributed by atoms with E-state index in [-0.39, 0.29) is 0 Å². The minimum absolute atomic E-state index is 0.525. The average Bonchev–Trinajstić information content (AvgIpc) is 2.55. The maximum Gasteiger partial charge on any atom is 0.166 e. The molecule has 2 aliphatic heterocycles. The van der Waals surface area contributed by atoms with Crippen molar-refractivity contribution < 1.29 is 0 Å². The molecule has 2 heterocycles. The third-order valence-corrected chi connectivity index (χ3v) is 2.97. The molecule has 0 saturated carbocycles. The highest BCUT2D eigenvalue weighted by molar-refractivity contribution is 8.14. The molecule has 0 spiro atoms. The molecule has 60 valence electrons. The Balaban J connectivity index is 2.04. The van der Waals surface area contributed by atoms with Gasteiger partial charge in [-0.3, -0.25) is 5.41 Å². The molecule has 0 aromatic heterocycles. The number of amidine groups is 2. The van der Waals surface area contributed by atoms with Crippen LogP contribution in [0, 0.1) is 5.41 Å². The van der Waals surface area contributed by atoms with E-state index in [0.29, 0.717) is 5.84 Å².